The van der Waals surface area contributed by atoms with Crippen LogP contribution in [0.1, 0.15) is 25.0 Å². The second-order valence-corrected chi connectivity index (χ2v) is 10.3. The van der Waals surface area contributed by atoms with Gasteiger partial charge in [0.2, 0.25) is 11.8 Å². The average Bonchev–Trinajstić information content (AvgIpc) is 3.33. The number of halogens is 2. The maximum absolute atomic E-state index is 10.9. The van der Waals surface area contributed by atoms with E-state index in [1.54, 1.807) is 14.2 Å². The Morgan fingerprint density at radius 3 is 1.47 bits per heavy atom. The van der Waals surface area contributed by atoms with Crippen molar-refractivity contribution < 1.29 is 19.1 Å². The maximum atomic E-state index is 10.9. The predicted octanol–water partition coefficient (Wildman–Crippen LogP) is 4.92. The van der Waals surface area contributed by atoms with E-state index >= 15 is 0 Å². The Hall–Kier alpha value is -2.48. The van der Waals surface area contributed by atoms with Crippen molar-refractivity contribution in [1.29, 1.82) is 0 Å². The number of rotatable bonds is 8. The molecule has 2 aromatic heterocycles. The first-order valence-corrected chi connectivity index (χ1v) is 13.6. The van der Waals surface area contributed by atoms with Crippen LogP contribution in [0.2, 0.25) is 0 Å². The van der Waals surface area contributed by atoms with Gasteiger partial charge in [-0.2, -0.15) is 0 Å². The lowest BCUT2D eigenvalue weighted by atomic mass is 10.1. The van der Waals surface area contributed by atoms with Gasteiger partial charge in [0.1, 0.15) is 11.5 Å². The minimum absolute atomic E-state index is 0.00225. The Bertz CT molecular complexity index is 1260. The number of hydrogen-bond donors (Lipinski definition) is 4. The number of carbonyl (C=O) groups is 2. The number of ether oxygens (including phenoxy) is 2. The van der Waals surface area contributed by atoms with Crippen LogP contribution in [0, 0.1) is 7.40 Å². The molecule has 8 nitrogen and oxygen atoms in total. The Morgan fingerprint density at radius 1 is 0.750 bits per heavy atom. The van der Waals surface area contributed by atoms with Gasteiger partial charge in [-0.05, 0) is 106 Å². The van der Waals surface area contributed by atoms with Gasteiger partial charge in [0, 0.05) is 48.7 Å². The van der Waals surface area contributed by atoms with E-state index in [0.29, 0.717) is 13.1 Å². The molecular formula is C26H30I2N4O4. The summed E-state index contributed by atoms with van der Waals surface area (Å²) in [6, 6.07) is 11.9. The zero-order chi connectivity index (χ0) is 26.2. The molecule has 2 amide bonds. The zero-order valence-electron chi connectivity index (χ0n) is 20.7. The zero-order valence-corrected chi connectivity index (χ0v) is 25.0. The lowest BCUT2D eigenvalue weighted by Crippen LogP contribution is -2.22. The van der Waals surface area contributed by atoms with E-state index in [1.165, 1.54) is 25.0 Å². The van der Waals surface area contributed by atoms with Gasteiger partial charge in [-0.3, -0.25) is 9.59 Å². The first-order chi connectivity index (χ1) is 17.2. The molecule has 0 bridgehead atoms. The summed E-state index contributed by atoms with van der Waals surface area (Å²) >= 11 is 4.57. The summed E-state index contributed by atoms with van der Waals surface area (Å²) < 4.78 is 12.7. The van der Waals surface area contributed by atoms with Crippen molar-refractivity contribution >= 4 is 78.8 Å². The second-order valence-electron chi connectivity index (χ2n) is 8.12. The second kappa shape index (κ2) is 13.2. The number of nitrogens with one attached hydrogen (secondary N) is 4. The topological polar surface area (TPSA) is 108 Å². The standard InChI is InChI=1S/2C13H15IN2O2/c2*1-8(17)15-6-5-10-11-7-9(18-2)3-4-12(11)16-13(10)14/h2*3-4,7,16H,5-6H2,1-2H3,(H,15,17). The van der Waals surface area contributed by atoms with Gasteiger partial charge in [-0.15, -0.1) is 0 Å². The van der Waals surface area contributed by atoms with E-state index < -0.39 is 0 Å². The van der Waals surface area contributed by atoms with E-state index in [-0.39, 0.29) is 11.8 Å². The largest absolute Gasteiger partial charge is 0.497 e. The number of amides is 2. The van der Waals surface area contributed by atoms with Crippen LogP contribution in [0.3, 0.4) is 0 Å². The van der Waals surface area contributed by atoms with Crippen LogP contribution in [-0.2, 0) is 22.4 Å². The summed E-state index contributed by atoms with van der Waals surface area (Å²) in [5, 5.41) is 7.95. The molecule has 0 radical (unpaired) electrons. The van der Waals surface area contributed by atoms with E-state index in [2.05, 4.69) is 65.8 Å². The van der Waals surface area contributed by atoms with Crippen molar-refractivity contribution in [1.82, 2.24) is 20.6 Å². The molecule has 0 spiro atoms. The Labute approximate surface area is 237 Å². The Kier molecular flexibility index (Phi) is 10.3. The number of methoxy groups -OCH3 is 2. The number of hydrogen-bond acceptors (Lipinski definition) is 4. The van der Waals surface area contributed by atoms with Gasteiger partial charge < -0.3 is 30.1 Å². The molecule has 0 saturated heterocycles. The first-order valence-electron chi connectivity index (χ1n) is 11.4. The number of fused-ring (bicyclic) bond motifs is 2. The van der Waals surface area contributed by atoms with Crippen molar-refractivity contribution in [3.8, 4) is 11.5 Å². The smallest absolute Gasteiger partial charge is 0.216 e. The molecule has 36 heavy (non-hydrogen) atoms. The van der Waals surface area contributed by atoms with Crippen LogP contribution >= 0.6 is 45.2 Å². The third-order valence-corrected chi connectivity index (χ3v) is 7.46. The van der Waals surface area contributed by atoms with Crippen molar-refractivity contribution in [2.45, 2.75) is 26.7 Å². The molecule has 0 atom stereocenters. The summed E-state index contributed by atoms with van der Waals surface area (Å²) in [7, 11) is 3.32. The molecule has 0 aliphatic rings. The Balaban J connectivity index is 0.000000201. The van der Waals surface area contributed by atoms with Crippen LogP contribution in [-0.4, -0.2) is 49.1 Å². The monoisotopic (exact) mass is 716 g/mol. The number of benzene rings is 2. The molecule has 0 aliphatic carbocycles. The fraction of sp³-hybridized carbons (Fsp3) is 0.308. The quantitative estimate of drug-likeness (QED) is 0.194. The summed E-state index contributed by atoms with van der Waals surface area (Å²) in [5.74, 6) is 1.70. The number of aromatic amines is 2. The molecule has 2 heterocycles. The summed E-state index contributed by atoms with van der Waals surface area (Å²) in [5.41, 5.74) is 4.63. The maximum Gasteiger partial charge on any atom is 0.216 e. The highest BCUT2D eigenvalue weighted by Crippen LogP contribution is 2.28. The molecule has 4 N–H and O–H groups in total. The summed E-state index contributed by atoms with van der Waals surface area (Å²) in [6.45, 7) is 4.36. The highest BCUT2D eigenvalue weighted by molar-refractivity contribution is 14.1. The normalized spacial score (nSPS) is 10.6. The van der Waals surface area contributed by atoms with Crippen molar-refractivity contribution in [2.24, 2.45) is 0 Å². The Morgan fingerprint density at radius 2 is 1.14 bits per heavy atom. The van der Waals surface area contributed by atoms with Gasteiger partial charge in [0.25, 0.3) is 0 Å². The van der Waals surface area contributed by atoms with E-state index in [4.69, 9.17) is 9.47 Å². The van der Waals surface area contributed by atoms with E-state index in [9.17, 15) is 9.59 Å². The van der Waals surface area contributed by atoms with Gasteiger partial charge in [0.15, 0.2) is 0 Å². The summed E-state index contributed by atoms with van der Waals surface area (Å²) in [6.07, 6.45) is 1.62. The van der Waals surface area contributed by atoms with E-state index in [1.807, 2.05) is 36.4 Å². The molecule has 10 heteroatoms. The number of H-pyrrole nitrogens is 2. The minimum atomic E-state index is 0.00225. The highest BCUT2D eigenvalue weighted by atomic mass is 127. The van der Waals surface area contributed by atoms with Gasteiger partial charge in [0.05, 0.1) is 21.6 Å². The predicted molar refractivity (Wildman–Crippen MR) is 160 cm³/mol. The highest BCUT2D eigenvalue weighted by Gasteiger charge is 2.11. The summed E-state index contributed by atoms with van der Waals surface area (Å²) in [4.78, 5) is 28.4. The lowest BCUT2D eigenvalue weighted by Gasteiger charge is -2.03. The van der Waals surface area contributed by atoms with Crippen LogP contribution in [0.15, 0.2) is 36.4 Å². The number of aromatic nitrogens is 2. The molecular weight excluding hydrogens is 686 g/mol. The molecule has 0 saturated carbocycles. The van der Waals surface area contributed by atoms with Crippen molar-refractivity contribution in [2.75, 3.05) is 27.3 Å². The third kappa shape index (κ3) is 7.28. The SMILES string of the molecule is COc1ccc2[nH]c(I)c(CCNC(C)=O)c2c1.COc1ccc2[nH]c(I)c(CCNC(C)=O)c2c1. The van der Waals surface area contributed by atoms with Crippen LogP contribution < -0.4 is 20.1 Å². The van der Waals surface area contributed by atoms with Crippen LogP contribution in [0.25, 0.3) is 21.8 Å². The number of carbonyl (C=O) groups excluding carboxylic acids is 2. The fourth-order valence-electron chi connectivity index (χ4n) is 3.86. The molecule has 0 fully saturated rings. The van der Waals surface area contributed by atoms with Gasteiger partial charge >= 0.3 is 0 Å². The van der Waals surface area contributed by atoms with Crippen LogP contribution in [0.4, 0.5) is 0 Å². The van der Waals surface area contributed by atoms with Crippen LogP contribution in [0.5, 0.6) is 11.5 Å². The molecule has 4 rings (SSSR count). The molecule has 192 valence electrons. The fourth-order valence-corrected chi connectivity index (χ4v) is 5.56. The third-order valence-electron chi connectivity index (χ3n) is 5.62. The molecule has 0 aliphatic heterocycles. The molecule has 2 aromatic carbocycles. The first kappa shape index (κ1) is 28.1. The lowest BCUT2D eigenvalue weighted by molar-refractivity contribution is -0.119. The molecule has 0 unspecified atom stereocenters. The van der Waals surface area contributed by atoms with E-state index in [0.717, 1.165) is 53.5 Å². The van der Waals surface area contributed by atoms with Crippen molar-refractivity contribution in [3.63, 3.8) is 0 Å². The average molecular weight is 716 g/mol. The van der Waals surface area contributed by atoms with Crippen molar-refractivity contribution in [3.05, 3.63) is 54.9 Å². The molecule has 4 aromatic rings. The van der Waals surface area contributed by atoms with Gasteiger partial charge in [-0.25, -0.2) is 0 Å². The minimum Gasteiger partial charge on any atom is -0.497 e. The van der Waals surface area contributed by atoms with Gasteiger partial charge in [-0.1, -0.05) is 0 Å².